The van der Waals surface area contributed by atoms with Crippen LogP contribution in [0.3, 0.4) is 0 Å². The molecule has 2 heteroatoms. The molecule has 2 rings (SSSR count). The van der Waals surface area contributed by atoms with Gasteiger partial charge in [-0.25, -0.2) is 0 Å². The van der Waals surface area contributed by atoms with Crippen LogP contribution in [-0.2, 0) is 0 Å². The molecule has 0 spiro atoms. The maximum absolute atomic E-state index is 2.79. The average molecular weight is 266 g/mol. The third-order valence-corrected chi connectivity index (χ3v) is 5.23. The van der Waals surface area contributed by atoms with Gasteiger partial charge in [0.05, 0.1) is 0 Å². The Balaban J connectivity index is 1.71. The summed E-state index contributed by atoms with van der Waals surface area (Å²) >= 11 is 0. The molecule has 2 fully saturated rings. The Bertz CT molecular complexity index is 246. The molecule has 1 aliphatic carbocycles. The van der Waals surface area contributed by atoms with Gasteiger partial charge in [0.2, 0.25) is 0 Å². The Morgan fingerprint density at radius 3 is 1.89 bits per heavy atom. The van der Waals surface area contributed by atoms with E-state index < -0.39 is 0 Å². The van der Waals surface area contributed by atoms with Crippen molar-refractivity contribution in [1.29, 1.82) is 0 Å². The molecule has 0 atom stereocenters. The van der Waals surface area contributed by atoms with E-state index in [9.17, 15) is 0 Å². The van der Waals surface area contributed by atoms with Gasteiger partial charge in [-0.15, -0.1) is 0 Å². The first-order chi connectivity index (χ1) is 9.06. The fraction of sp³-hybridized carbons (Fsp3) is 1.00. The van der Waals surface area contributed by atoms with Crippen molar-refractivity contribution in [2.45, 2.75) is 59.4 Å². The lowest BCUT2D eigenvalue weighted by Gasteiger charge is -2.43. The summed E-state index contributed by atoms with van der Waals surface area (Å²) in [6.07, 6.45) is 5.84. The Labute approximate surface area is 120 Å². The highest BCUT2D eigenvalue weighted by atomic mass is 15.3. The molecule has 0 radical (unpaired) electrons. The van der Waals surface area contributed by atoms with Gasteiger partial charge in [0, 0.05) is 38.8 Å². The highest BCUT2D eigenvalue weighted by Crippen LogP contribution is 2.32. The van der Waals surface area contributed by atoms with Gasteiger partial charge in [0.25, 0.3) is 0 Å². The lowest BCUT2D eigenvalue weighted by Crippen LogP contribution is -2.51. The highest BCUT2D eigenvalue weighted by molar-refractivity contribution is 4.84. The van der Waals surface area contributed by atoms with Gasteiger partial charge in [0.15, 0.2) is 0 Å². The minimum atomic E-state index is 0.813. The minimum absolute atomic E-state index is 0.813. The molecule has 0 aromatic heterocycles. The summed E-state index contributed by atoms with van der Waals surface area (Å²) in [5.41, 5.74) is 0. The van der Waals surface area contributed by atoms with E-state index in [1.165, 1.54) is 58.4 Å². The molecule has 0 N–H and O–H groups in total. The van der Waals surface area contributed by atoms with Crippen LogP contribution in [0.4, 0.5) is 0 Å². The van der Waals surface area contributed by atoms with Gasteiger partial charge >= 0.3 is 0 Å². The number of hydrogen-bond donors (Lipinski definition) is 0. The lowest BCUT2D eigenvalue weighted by molar-refractivity contribution is 0.0611. The summed E-state index contributed by atoms with van der Waals surface area (Å²) < 4.78 is 0. The molecule has 112 valence electrons. The van der Waals surface area contributed by atoms with Crippen LogP contribution in [0.5, 0.6) is 0 Å². The van der Waals surface area contributed by atoms with Crippen molar-refractivity contribution in [3.8, 4) is 0 Å². The standard InChI is InChI=1S/C17H34N2/c1-14(2)13-18-9-11-19(12-10-18)17-7-5-16(6-8-17)15(3)4/h14-17H,5-13H2,1-4H3. The number of hydrogen-bond acceptors (Lipinski definition) is 2. The molecule has 0 aromatic carbocycles. The summed E-state index contributed by atoms with van der Waals surface area (Å²) in [4.78, 5) is 5.44. The van der Waals surface area contributed by atoms with E-state index in [4.69, 9.17) is 0 Å². The summed E-state index contributed by atoms with van der Waals surface area (Å²) in [7, 11) is 0. The molecule has 2 nitrogen and oxygen atoms in total. The number of piperazine rings is 1. The van der Waals surface area contributed by atoms with Crippen LogP contribution in [0.15, 0.2) is 0 Å². The molecular weight excluding hydrogens is 232 g/mol. The van der Waals surface area contributed by atoms with Crippen LogP contribution in [0, 0.1) is 17.8 Å². The lowest BCUT2D eigenvalue weighted by atomic mass is 9.79. The molecule has 1 heterocycles. The third kappa shape index (κ3) is 4.46. The van der Waals surface area contributed by atoms with Crippen LogP contribution >= 0.6 is 0 Å². The topological polar surface area (TPSA) is 6.48 Å². The highest BCUT2D eigenvalue weighted by Gasteiger charge is 2.29. The predicted octanol–water partition coefficient (Wildman–Crippen LogP) is 3.47. The van der Waals surface area contributed by atoms with Gasteiger partial charge in [-0.3, -0.25) is 4.90 Å². The van der Waals surface area contributed by atoms with Gasteiger partial charge in [-0.05, 0) is 43.4 Å². The zero-order chi connectivity index (χ0) is 13.8. The Kier molecular flexibility index (Phi) is 5.70. The van der Waals surface area contributed by atoms with E-state index in [2.05, 4.69) is 37.5 Å². The number of rotatable bonds is 4. The molecule has 2 aliphatic rings. The van der Waals surface area contributed by atoms with Crippen LogP contribution in [0.25, 0.3) is 0 Å². The molecule has 1 saturated carbocycles. The smallest absolute Gasteiger partial charge is 0.0113 e. The predicted molar refractivity (Wildman–Crippen MR) is 83.4 cm³/mol. The largest absolute Gasteiger partial charge is 0.301 e. The van der Waals surface area contributed by atoms with Crippen LogP contribution in [0.1, 0.15) is 53.4 Å². The van der Waals surface area contributed by atoms with Crippen molar-refractivity contribution in [1.82, 2.24) is 9.80 Å². The molecule has 0 unspecified atom stereocenters. The van der Waals surface area contributed by atoms with Gasteiger partial charge < -0.3 is 4.90 Å². The quantitative estimate of drug-likeness (QED) is 0.769. The molecule has 0 aromatic rings. The van der Waals surface area contributed by atoms with Crippen molar-refractivity contribution >= 4 is 0 Å². The van der Waals surface area contributed by atoms with E-state index in [1.54, 1.807) is 0 Å². The SMILES string of the molecule is CC(C)CN1CCN(C2CCC(C(C)C)CC2)CC1. The van der Waals surface area contributed by atoms with Crippen molar-refractivity contribution in [3.05, 3.63) is 0 Å². The van der Waals surface area contributed by atoms with E-state index in [0.717, 1.165) is 23.8 Å². The second-order valence-electron chi connectivity index (χ2n) is 7.54. The molecule has 0 amide bonds. The first kappa shape index (κ1) is 15.3. The second kappa shape index (κ2) is 7.08. The van der Waals surface area contributed by atoms with Crippen molar-refractivity contribution < 1.29 is 0 Å². The summed E-state index contributed by atoms with van der Waals surface area (Å²) in [6.45, 7) is 16.0. The maximum Gasteiger partial charge on any atom is 0.0113 e. The van der Waals surface area contributed by atoms with Gasteiger partial charge in [0.1, 0.15) is 0 Å². The minimum Gasteiger partial charge on any atom is -0.301 e. The van der Waals surface area contributed by atoms with E-state index in [0.29, 0.717) is 0 Å². The monoisotopic (exact) mass is 266 g/mol. The van der Waals surface area contributed by atoms with E-state index in [1.807, 2.05) is 0 Å². The first-order valence-corrected chi connectivity index (χ1v) is 8.52. The molecule has 1 aliphatic heterocycles. The van der Waals surface area contributed by atoms with Gasteiger partial charge in [-0.1, -0.05) is 27.7 Å². The summed E-state index contributed by atoms with van der Waals surface area (Å²) in [5, 5.41) is 0. The Hall–Kier alpha value is -0.0800. The zero-order valence-electron chi connectivity index (χ0n) is 13.6. The molecule has 1 saturated heterocycles. The second-order valence-corrected chi connectivity index (χ2v) is 7.54. The fourth-order valence-corrected chi connectivity index (χ4v) is 3.96. The zero-order valence-corrected chi connectivity index (χ0v) is 13.6. The van der Waals surface area contributed by atoms with Crippen LogP contribution in [0.2, 0.25) is 0 Å². The van der Waals surface area contributed by atoms with E-state index >= 15 is 0 Å². The van der Waals surface area contributed by atoms with Crippen LogP contribution in [-0.4, -0.2) is 48.6 Å². The normalized spacial score (nSPS) is 31.3. The van der Waals surface area contributed by atoms with Gasteiger partial charge in [-0.2, -0.15) is 0 Å². The van der Waals surface area contributed by atoms with Crippen molar-refractivity contribution in [2.75, 3.05) is 32.7 Å². The molecule has 0 bridgehead atoms. The fourth-order valence-electron chi connectivity index (χ4n) is 3.96. The first-order valence-electron chi connectivity index (χ1n) is 8.52. The Morgan fingerprint density at radius 2 is 1.42 bits per heavy atom. The summed E-state index contributed by atoms with van der Waals surface area (Å²) in [6, 6.07) is 0.899. The maximum atomic E-state index is 2.79. The summed E-state index contributed by atoms with van der Waals surface area (Å²) in [5.74, 6) is 2.70. The van der Waals surface area contributed by atoms with E-state index in [-0.39, 0.29) is 0 Å². The van der Waals surface area contributed by atoms with Crippen molar-refractivity contribution in [2.24, 2.45) is 17.8 Å². The third-order valence-electron chi connectivity index (χ3n) is 5.23. The average Bonchev–Trinajstić information content (AvgIpc) is 2.39. The van der Waals surface area contributed by atoms with Crippen molar-refractivity contribution in [3.63, 3.8) is 0 Å². The molecular formula is C17H34N2. The Morgan fingerprint density at radius 1 is 0.842 bits per heavy atom. The van der Waals surface area contributed by atoms with Crippen LogP contribution < -0.4 is 0 Å². The number of nitrogens with zero attached hydrogens (tertiary/aromatic N) is 2. The molecule has 19 heavy (non-hydrogen) atoms.